The minimum absolute atomic E-state index is 0.263. The Balaban J connectivity index is 2.05. The zero-order chi connectivity index (χ0) is 15.5. The first-order chi connectivity index (χ1) is 10.0. The number of benzene rings is 1. The van der Waals surface area contributed by atoms with Crippen LogP contribution in [0.4, 0.5) is 4.39 Å². The van der Waals surface area contributed by atoms with Crippen LogP contribution in [0.25, 0.3) is 0 Å². The van der Waals surface area contributed by atoms with E-state index in [1.165, 1.54) is 6.07 Å². The highest BCUT2D eigenvalue weighted by molar-refractivity contribution is 8.00. The van der Waals surface area contributed by atoms with Gasteiger partial charge in [0.15, 0.2) is 5.84 Å². The summed E-state index contributed by atoms with van der Waals surface area (Å²) in [5.74, 6) is -0.0146. The molecule has 0 radical (unpaired) electrons. The topological polar surface area (TPSA) is 61.9 Å². The number of nitrogens with zero attached hydrogens (tertiary/aromatic N) is 2. The van der Waals surface area contributed by atoms with E-state index in [1.54, 1.807) is 23.9 Å². The second-order valence-electron chi connectivity index (χ2n) is 5.16. The van der Waals surface area contributed by atoms with Crippen LogP contribution in [-0.4, -0.2) is 40.0 Å². The Hall–Kier alpha value is -0.980. The molecule has 4 nitrogen and oxygen atoms in total. The Morgan fingerprint density at radius 2 is 2.19 bits per heavy atom. The highest BCUT2D eigenvalue weighted by Crippen LogP contribution is 2.35. The molecule has 7 heteroatoms. The lowest BCUT2D eigenvalue weighted by atomic mass is 9.94. The van der Waals surface area contributed by atoms with Gasteiger partial charge in [-0.2, -0.15) is 11.8 Å². The average molecular weight is 332 g/mol. The third kappa shape index (κ3) is 3.44. The minimum Gasteiger partial charge on any atom is -0.409 e. The number of hydrogen-bond acceptors (Lipinski definition) is 4. The summed E-state index contributed by atoms with van der Waals surface area (Å²) in [7, 11) is 0. The van der Waals surface area contributed by atoms with Crippen molar-refractivity contribution in [2.45, 2.75) is 24.1 Å². The highest BCUT2D eigenvalue weighted by atomic mass is 35.5. The van der Waals surface area contributed by atoms with Crippen molar-refractivity contribution in [2.75, 3.05) is 19.3 Å². The maximum absolute atomic E-state index is 13.8. The predicted molar refractivity (Wildman–Crippen MR) is 85.6 cm³/mol. The van der Waals surface area contributed by atoms with Crippen molar-refractivity contribution in [3.63, 3.8) is 0 Å². The van der Waals surface area contributed by atoms with Gasteiger partial charge in [-0.15, -0.1) is 0 Å². The van der Waals surface area contributed by atoms with Crippen LogP contribution in [0.5, 0.6) is 0 Å². The Kier molecular flexibility index (Phi) is 5.35. The Morgan fingerprint density at radius 3 is 2.71 bits per heavy atom. The number of piperidine rings is 1. The normalized spacial score (nSPS) is 19.7. The van der Waals surface area contributed by atoms with Crippen LogP contribution in [-0.2, 0) is 6.54 Å². The first-order valence-electron chi connectivity index (χ1n) is 6.71. The number of rotatable bonds is 4. The number of halogens is 2. The maximum atomic E-state index is 13.8. The molecule has 1 aliphatic rings. The fourth-order valence-electron chi connectivity index (χ4n) is 2.64. The monoisotopic (exact) mass is 331 g/mol. The van der Waals surface area contributed by atoms with E-state index in [9.17, 15) is 4.39 Å². The van der Waals surface area contributed by atoms with E-state index in [-0.39, 0.29) is 16.4 Å². The van der Waals surface area contributed by atoms with Crippen molar-refractivity contribution < 1.29 is 9.60 Å². The molecule has 0 atom stereocenters. The summed E-state index contributed by atoms with van der Waals surface area (Å²) in [5.41, 5.74) is 6.35. The van der Waals surface area contributed by atoms with E-state index in [4.69, 9.17) is 22.5 Å². The van der Waals surface area contributed by atoms with Crippen molar-refractivity contribution in [1.82, 2.24) is 4.90 Å². The summed E-state index contributed by atoms with van der Waals surface area (Å²) in [4.78, 5) is 2.14. The lowest BCUT2D eigenvalue weighted by Crippen LogP contribution is -2.49. The molecule has 0 unspecified atom stereocenters. The number of hydrogen-bond donors (Lipinski definition) is 2. The summed E-state index contributed by atoms with van der Waals surface area (Å²) >= 11 is 7.66. The molecule has 21 heavy (non-hydrogen) atoms. The third-order valence-corrected chi connectivity index (χ3v) is 5.83. The van der Waals surface area contributed by atoms with Crippen molar-refractivity contribution in [2.24, 2.45) is 10.9 Å². The molecular weight excluding hydrogens is 313 g/mol. The van der Waals surface area contributed by atoms with Crippen LogP contribution in [0.15, 0.2) is 23.4 Å². The summed E-state index contributed by atoms with van der Waals surface area (Å²) in [6, 6.07) is 4.73. The molecule has 0 bridgehead atoms. The van der Waals surface area contributed by atoms with Gasteiger partial charge in [0.2, 0.25) is 0 Å². The molecule has 3 N–H and O–H groups in total. The second-order valence-corrected chi connectivity index (χ2v) is 6.76. The number of thioether (sulfide) groups is 1. The summed E-state index contributed by atoms with van der Waals surface area (Å²) in [6.07, 6.45) is 3.48. The molecule has 1 aromatic rings. The first kappa shape index (κ1) is 16.4. The van der Waals surface area contributed by atoms with Crippen LogP contribution in [0.3, 0.4) is 0 Å². The Morgan fingerprint density at radius 1 is 1.52 bits per heavy atom. The Bertz CT molecular complexity index is 513. The predicted octanol–water partition coefficient (Wildman–Crippen LogP) is 2.92. The second kappa shape index (κ2) is 6.85. The van der Waals surface area contributed by atoms with Gasteiger partial charge in [-0.3, -0.25) is 4.90 Å². The van der Waals surface area contributed by atoms with Crippen LogP contribution < -0.4 is 5.73 Å². The van der Waals surface area contributed by atoms with Crippen molar-refractivity contribution in [3.8, 4) is 0 Å². The molecule has 0 saturated carbocycles. The summed E-state index contributed by atoms with van der Waals surface area (Å²) in [6.45, 7) is 1.98. The summed E-state index contributed by atoms with van der Waals surface area (Å²) < 4.78 is 13.5. The number of oxime groups is 1. The van der Waals surface area contributed by atoms with Crippen LogP contribution in [0.2, 0.25) is 5.02 Å². The largest absolute Gasteiger partial charge is 0.409 e. The smallest absolute Gasteiger partial charge is 0.155 e. The van der Waals surface area contributed by atoms with Gasteiger partial charge in [0.1, 0.15) is 5.82 Å². The molecule has 0 aliphatic carbocycles. The van der Waals surface area contributed by atoms with E-state index >= 15 is 0 Å². The molecule has 1 aliphatic heterocycles. The minimum atomic E-state index is -0.329. The van der Waals surface area contributed by atoms with E-state index in [0.29, 0.717) is 17.1 Å². The molecular formula is C14H19ClFN3OS. The Labute approximate surface area is 133 Å². The molecule has 1 saturated heterocycles. The van der Waals surface area contributed by atoms with E-state index < -0.39 is 0 Å². The standard InChI is InChI=1S/C14H19ClFN3OS/c1-21-14(13(17)18-20)5-7-19(8-6-14)9-10-11(15)3-2-4-12(10)16/h2-4,20H,5-9H2,1H3,(H2,17,18). The molecule has 0 amide bonds. The van der Waals surface area contributed by atoms with Gasteiger partial charge in [-0.25, -0.2) is 4.39 Å². The molecule has 1 fully saturated rings. The van der Waals surface area contributed by atoms with Gasteiger partial charge in [0.05, 0.1) is 4.75 Å². The first-order valence-corrected chi connectivity index (χ1v) is 8.31. The van der Waals surface area contributed by atoms with Crippen molar-refractivity contribution in [1.29, 1.82) is 0 Å². The van der Waals surface area contributed by atoms with Gasteiger partial charge in [0, 0.05) is 30.2 Å². The van der Waals surface area contributed by atoms with Crippen molar-refractivity contribution >= 4 is 29.2 Å². The SMILES string of the molecule is CSC1(C(N)=NO)CCN(Cc2c(F)cccc2Cl)CC1. The van der Waals surface area contributed by atoms with Gasteiger partial charge < -0.3 is 10.9 Å². The average Bonchev–Trinajstić information content (AvgIpc) is 2.51. The highest BCUT2D eigenvalue weighted by Gasteiger charge is 2.38. The van der Waals surface area contributed by atoms with Crippen LogP contribution in [0, 0.1) is 5.82 Å². The summed E-state index contributed by atoms with van der Waals surface area (Å²) in [5, 5.41) is 12.5. The van der Waals surface area contributed by atoms with Gasteiger partial charge in [-0.1, -0.05) is 22.8 Å². The quantitative estimate of drug-likeness (QED) is 0.385. The number of amidine groups is 1. The number of nitrogens with two attached hydrogens (primary N) is 1. The van der Waals surface area contributed by atoms with Crippen molar-refractivity contribution in [3.05, 3.63) is 34.6 Å². The van der Waals surface area contributed by atoms with Crippen LogP contribution >= 0.6 is 23.4 Å². The molecule has 1 heterocycles. The lowest BCUT2D eigenvalue weighted by molar-refractivity contribution is 0.207. The maximum Gasteiger partial charge on any atom is 0.155 e. The van der Waals surface area contributed by atoms with E-state index in [0.717, 1.165) is 25.9 Å². The fraction of sp³-hybridized carbons (Fsp3) is 0.500. The van der Waals surface area contributed by atoms with Gasteiger partial charge in [0.25, 0.3) is 0 Å². The molecule has 0 aromatic heterocycles. The van der Waals surface area contributed by atoms with Gasteiger partial charge >= 0.3 is 0 Å². The molecule has 116 valence electrons. The zero-order valence-electron chi connectivity index (χ0n) is 11.9. The zero-order valence-corrected chi connectivity index (χ0v) is 13.4. The molecule has 1 aromatic carbocycles. The number of likely N-dealkylation sites (tertiary alicyclic amines) is 1. The van der Waals surface area contributed by atoms with Crippen LogP contribution in [0.1, 0.15) is 18.4 Å². The lowest BCUT2D eigenvalue weighted by Gasteiger charge is -2.39. The van der Waals surface area contributed by atoms with E-state index in [2.05, 4.69) is 10.1 Å². The molecule has 0 spiro atoms. The third-order valence-electron chi connectivity index (χ3n) is 4.07. The molecule has 2 rings (SSSR count). The van der Waals surface area contributed by atoms with E-state index in [1.807, 2.05) is 6.26 Å². The van der Waals surface area contributed by atoms with Gasteiger partial charge in [-0.05, 0) is 31.2 Å². The fourth-order valence-corrected chi connectivity index (χ4v) is 3.70.